The first-order chi connectivity index (χ1) is 20.8. The average Bonchev–Trinajstić information content (AvgIpc) is 3.44. The molecule has 0 aliphatic heterocycles. The molecule has 8 aromatic rings. The van der Waals surface area contributed by atoms with Crippen LogP contribution in [-0.4, -0.2) is 0 Å². The Morgan fingerprint density at radius 3 is 1.64 bits per heavy atom. The Hall–Kier alpha value is -5.18. The topological polar surface area (TPSA) is 3.24 Å². The predicted octanol–water partition coefficient (Wildman–Crippen LogP) is 12.0. The van der Waals surface area contributed by atoms with Crippen molar-refractivity contribution in [1.29, 1.82) is 0 Å². The van der Waals surface area contributed by atoms with Crippen molar-refractivity contribution in [1.82, 2.24) is 0 Å². The van der Waals surface area contributed by atoms with E-state index in [0.717, 1.165) is 11.4 Å². The number of anilines is 3. The number of thiophene rings is 1. The molecule has 0 amide bonds. The Bertz CT molecular complexity index is 2180. The summed E-state index contributed by atoms with van der Waals surface area (Å²) in [5.74, 6) is 0. The fourth-order valence-corrected chi connectivity index (χ4v) is 7.29. The van der Waals surface area contributed by atoms with E-state index in [2.05, 4.69) is 169 Å². The summed E-state index contributed by atoms with van der Waals surface area (Å²) in [7, 11) is 0. The molecule has 0 radical (unpaired) electrons. The minimum absolute atomic E-state index is 1.14. The molecular weight excluding hydrogens is 527 g/mol. The van der Waals surface area contributed by atoms with Gasteiger partial charge in [0.15, 0.2) is 0 Å². The maximum atomic E-state index is 2.41. The van der Waals surface area contributed by atoms with E-state index >= 15 is 0 Å². The van der Waals surface area contributed by atoms with E-state index in [9.17, 15) is 0 Å². The molecule has 8 rings (SSSR count). The van der Waals surface area contributed by atoms with E-state index < -0.39 is 0 Å². The second-order valence-electron chi connectivity index (χ2n) is 10.6. The van der Waals surface area contributed by atoms with Gasteiger partial charge in [-0.3, -0.25) is 0 Å². The molecule has 0 fully saturated rings. The average molecular weight is 554 g/mol. The smallest absolute Gasteiger partial charge is 0.0547 e. The van der Waals surface area contributed by atoms with Gasteiger partial charge in [-0.1, -0.05) is 127 Å². The monoisotopic (exact) mass is 553 g/mol. The molecule has 0 aliphatic rings. The molecule has 0 bridgehead atoms. The van der Waals surface area contributed by atoms with Crippen LogP contribution in [0.5, 0.6) is 0 Å². The van der Waals surface area contributed by atoms with Crippen molar-refractivity contribution in [2.24, 2.45) is 0 Å². The third-order valence-corrected chi connectivity index (χ3v) is 9.23. The molecule has 198 valence electrons. The van der Waals surface area contributed by atoms with Crippen LogP contribution in [0.15, 0.2) is 164 Å². The van der Waals surface area contributed by atoms with E-state index in [0.29, 0.717) is 0 Å². The van der Waals surface area contributed by atoms with Gasteiger partial charge in [0, 0.05) is 42.3 Å². The zero-order valence-electron chi connectivity index (χ0n) is 22.9. The third-order valence-electron chi connectivity index (χ3n) is 8.03. The molecule has 0 saturated heterocycles. The summed E-state index contributed by atoms with van der Waals surface area (Å²) in [6.45, 7) is 0. The lowest BCUT2D eigenvalue weighted by Gasteiger charge is -2.27. The van der Waals surface area contributed by atoms with E-state index in [1.165, 1.54) is 58.9 Å². The Kier molecular flexibility index (Phi) is 6.05. The van der Waals surface area contributed by atoms with Crippen molar-refractivity contribution in [2.45, 2.75) is 0 Å². The summed E-state index contributed by atoms with van der Waals surface area (Å²) in [4.78, 5) is 2.41. The second-order valence-corrected chi connectivity index (χ2v) is 11.6. The van der Waals surface area contributed by atoms with Gasteiger partial charge in [-0.15, -0.1) is 11.3 Å². The standard InChI is InChI=1S/C40H27NS/c1-4-13-28(14-5-1)30-17-12-20-33(25-30)41(32-18-8-3-9-19-32)38-27-37-35-24-23-31(29-15-6-2-7-16-29)26-39(35)42-40(37)36-22-11-10-21-34(36)38/h1-27H. The maximum absolute atomic E-state index is 2.41. The van der Waals surface area contributed by atoms with Crippen LogP contribution in [0.4, 0.5) is 17.1 Å². The molecule has 0 N–H and O–H groups in total. The molecule has 0 unspecified atom stereocenters. The molecule has 7 aromatic carbocycles. The van der Waals surface area contributed by atoms with Crippen LogP contribution in [0.3, 0.4) is 0 Å². The van der Waals surface area contributed by atoms with Crippen molar-refractivity contribution < 1.29 is 0 Å². The zero-order valence-corrected chi connectivity index (χ0v) is 23.8. The van der Waals surface area contributed by atoms with Crippen molar-refractivity contribution in [3.8, 4) is 22.3 Å². The largest absolute Gasteiger partial charge is 0.310 e. The highest BCUT2D eigenvalue weighted by molar-refractivity contribution is 7.26. The molecular formula is C40H27NS. The van der Waals surface area contributed by atoms with Crippen LogP contribution >= 0.6 is 11.3 Å². The van der Waals surface area contributed by atoms with Crippen LogP contribution in [0.2, 0.25) is 0 Å². The normalized spacial score (nSPS) is 11.3. The number of nitrogens with zero attached hydrogens (tertiary/aromatic N) is 1. The van der Waals surface area contributed by atoms with Crippen molar-refractivity contribution in [2.75, 3.05) is 4.90 Å². The number of benzene rings is 7. The molecule has 0 aliphatic carbocycles. The minimum Gasteiger partial charge on any atom is -0.310 e. The maximum Gasteiger partial charge on any atom is 0.0547 e. The van der Waals surface area contributed by atoms with Crippen molar-refractivity contribution in [3.05, 3.63) is 164 Å². The Morgan fingerprint density at radius 2 is 0.929 bits per heavy atom. The van der Waals surface area contributed by atoms with Gasteiger partial charge in [0.2, 0.25) is 0 Å². The van der Waals surface area contributed by atoms with Crippen LogP contribution in [0, 0.1) is 0 Å². The van der Waals surface area contributed by atoms with E-state index in [1.807, 2.05) is 11.3 Å². The lowest BCUT2D eigenvalue weighted by atomic mass is 10.00. The van der Waals surface area contributed by atoms with Gasteiger partial charge in [0.25, 0.3) is 0 Å². The highest BCUT2D eigenvalue weighted by Crippen LogP contribution is 2.47. The first-order valence-corrected chi connectivity index (χ1v) is 15.1. The van der Waals surface area contributed by atoms with Gasteiger partial charge in [0.05, 0.1) is 5.69 Å². The SMILES string of the molecule is c1ccc(-c2cccc(N(c3ccccc3)c3cc4c5ccc(-c6ccccc6)cc5sc4c4ccccc34)c2)cc1. The summed E-state index contributed by atoms with van der Waals surface area (Å²) in [6.07, 6.45) is 0. The lowest BCUT2D eigenvalue weighted by Crippen LogP contribution is -2.10. The minimum atomic E-state index is 1.14. The van der Waals surface area contributed by atoms with Gasteiger partial charge in [0.1, 0.15) is 0 Å². The number of hydrogen-bond acceptors (Lipinski definition) is 2. The van der Waals surface area contributed by atoms with Gasteiger partial charge in [-0.2, -0.15) is 0 Å². The van der Waals surface area contributed by atoms with Gasteiger partial charge < -0.3 is 4.90 Å². The summed E-state index contributed by atoms with van der Waals surface area (Å²) < 4.78 is 2.65. The van der Waals surface area contributed by atoms with Crippen molar-refractivity contribution >= 4 is 59.3 Å². The molecule has 1 aromatic heterocycles. The van der Waals surface area contributed by atoms with Crippen LogP contribution < -0.4 is 4.90 Å². The van der Waals surface area contributed by atoms with Gasteiger partial charge in [-0.25, -0.2) is 0 Å². The Labute approximate surface area is 249 Å². The number of para-hydroxylation sites is 1. The first kappa shape index (κ1) is 24.6. The van der Waals surface area contributed by atoms with Gasteiger partial charge in [-0.05, 0) is 58.7 Å². The Balaban J connectivity index is 1.39. The quantitative estimate of drug-likeness (QED) is 0.205. The van der Waals surface area contributed by atoms with Gasteiger partial charge >= 0.3 is 0 Å². The molecule has 0 spiro atoms. The third kappa shape index (κ3) is 4.25. The van der Waals surface area contributed by atoms with Crippen LogP contribution in [0.1, 0.15) is 0 Å². The molecule has 1 heterocycles. The first-order valence-electron chi connectivity index (χ1n) is 14.3. The number of rotatable bonds is 5. The number of hydrogen-bond donors (Lipinski definition) is 0. The van der Waals surface area contributed by atoms with E-state index in [4.69, 9.17) is 0 Å². The van der Waals surface area contributed by atoms with Crippen LogP contribution in [-0.2, 0) is 0 Å². The summed E-state index contributed by atoms with van der Waals surface area (Å²) in [6, 6.07) is 59.1. The zero-order chi connectivity index (χ0) is 27.9. The highest BCUT2D eigenvalue weighted by atomic mass is 32.1. The Morgan fingerprint density at radius 1 is 0.357 bits per heavy atom. The summed E-state index contributed by atoms with van der Waals surface area (Å²) >= 11 is 1.89. The summed E-state index contributed by atoms with van der Waals surface area (Å²) in [5.41, 5.74) is 8.37. The predicted molar refractivity (Wildman–Crippen MR) is 182 cm³/mol. The number of fused-ring (bicyclic) bond motifs is 5. The molecule has 0 atom stereocenters. The molecule has 2 heteroatoms. The van der Waals surface area contributed by atoms with Crippen molar-refractivity contribution in [3.63, 3.8) is 0 Å². The molecule has 0 saturated carbocycles. The second kappa shape index (κ2) is 10.3. The fraction of sp³-hybridized carbons (Fsp3) is 0. The molecule has 1 nitrogen and oxygen atoms in total. The summed E-state index contributed by atoms with van der Waals surface area (Å²) in [5, 5.41) is 5.12. The highest BCUT2D eigenvalue weighted by Gasteiger charge is 2.19. The van der Waals surface area contributed by atoms with Crippen LogP contribution in [0.25, 0.3) is 53.2 Å². The van der Waals surface area contributed by atoms with E-state index in [-0.39, 0.29) is 0 Å². The molecule has 42 heavy (non-hydrogen) atoms. The lowest BCUT2D eigenvalue weighted by molar-refractivity contribution is 1.30. The fourth-order valence-electron chi connectivity index (χ4n) is 6.03. The van der Waals surface area contributed by atoms with E-state index in [1.54, 1.807) is 0 Å².